The predicted octanol–water partition coefficient (Wildman–Crippen LogP) is -0.405. The van der Waals surface area contributed by atoms with Crippen LogP contribution in [0.4, 0.5) is 0 Å². The summed E-state index contributed by atoms with van der Waals surface area (Å²) in [5, 5.41) is 3.05. The van der Waals surface area contributed by atoms with Crippen LogP contribution in [0.3, 0.4) is 0 Å². The summed E-state index contributed by atoms with van der Waals surface area (Å²) in [4.78, 5) is 54.7. The van der Waals surface area contributed by atoms with Crippen molar-refractivity contribution in [3.8, 4) is 0 Å². The lowest BCUT2D eigenvalue weighted by molar-refractivity contribution is -0.150. The number of aryl methyl sites for hydroxylation is 1. The standard InChI is InChI=1S/C18H20N4O5/c1-11-4-3-5-12-16(11)20-10-21(18(12)26)9-14(23)22-7-6-19-17(25)13(22)8-15(24)27-2/h3-5,10,13H,6-9H2,1-2H3,(H,19,25). The van der Waals surface area contributed by atoms with Crippen LogP contribution in [0, 0.1) is 6.92 Å². The molecule has 2 aromatic rings. The fourth-order valence-corrected chi connectivity index (χ4v) is 3.14. The molecule has 2 heterocycles. The van der Waals surface area contributed by atoms with Crippen LogP contribution in [0.5, 0.6) is 0 Å². The van der Waals surface area contributed by atoms with Crippen LogP contribution >= 0.6 is 0 Å². The molecule has 0 aliphatic carbocycles. The minimum Gasteiger partial charge on any atom is -0.469 e. The van der Waals surface area contributed by atoms with Crippen molar-refractivity contribution < 1.29 is 19.1 Å². The normalized spacial score (nSPS) is 16.9. The molecule has 9 nitrogen and oxygen atoms in total. The van der Waals surface area contributed by atoms with E-state index in [4.69, 9.17) is 0 Å². The fourth-order valence-electron chi connectivity index (χ4n) is 3.14. The van der Waals surface area contributed by atoms with E-state index in [0.29, 0.717) is 10.9 Å². The number of carbonyl (C=O) groups excluding carboxylic acids is 3. The highest BCUT2D eigenvalue weighted by molar-refractivity contribution is 5.92. The predicted molar refractivity (Wildman–Crippen MR) is 95.9 cm³/mol. The average molecular weight is 372 g/mol. The van der Waals surface area contributed by atoms with Gasteiger partial charge in [-0.2, -0.15) is 0 Å². The van der Waals surface area contributed by atoms with Gasteiger partial charge in [-0.3, -0.25) is 23.7 Å². The number of carbonyl (C=O) groups is 3. The van der Waals surface area contributed by atoms with Crippen molar-refractivity contribution in [3.05, 3.63) is 40.4 Å². The van der Waals surface area contributed by atoms with E-state index in [0.717, 1.165) is 5.56 Å². The van der Waals surface area contributed by atoms with Crippen molar-refractivity contribution in [1.29, 1.82) is 0 Å². The van der Waals surface area contributed by atoms with E-state index < -0.39 is 23.8 Å². The van der Waals surface area contributed by atoms with Gasteiger partial charge >= 0.3 is 5.97 Å². The molecule has 9 heteroatoms. The van der Waals surface area contributed by atoms with E-state index in [2.05, 4.69) is 15.0 Å². The van der Waals surface area contributed by atoms with Gasteiger partial charge in [0.2, 0.25) is 11.8 Å². The third kappa shape index (κ3) is 3.67. The summed E-state index contributed by atoms with van der Waals surface area (Å²) < 4.78 is 5.82. The Morgan fingerprint density at radius 3 is 2.85 bits per heavy atom. The smallest absolute Gasteiger partial charge is 0.308 e. The molecule has 0 saturated carbocycles. The summed E-state index contributed by atoms with van der Waals surface area (Å²) in [6.45, 7) is 2.13. The van der Waals surface area contributed by atoms with Crippen LogP contribution in [0.1, 0.15) is 12.0 Å². The van der Waals surface area contributed by atoms with Gasteiger partial charge in [0.05, 0.1) is 30.8 Å². The molecular weight excluding hydrogens is 352 g/mol. The molecule has 1 aromatic heterocycles. The lowest BCUT2D eigenvalue weighted by Gasteiger charge is -2.34. The quantitative estimate of drug-likeness (QED) is 0.731. The monoisotopic (exact) mass is 372 g/mol. The Kier molecular flexibility index (Phi) is 5.20. The first-order valence-electron chi connectivity index (χ1n) is 8.51. The zero-order valence-electron chi connectivity index (χ0n) is 15.1. The van der Waals surface area contributed by atoms with Crippen LogP contribution in [0.15, 0.2) is 29.3 Å². The number of fused-ring (bicyclic) bond motifs is 1. The first-order chi connectivity index (χ1) is 12.9. The van der Waals surface area contributed by atoms with Crippen LogP contribution in [-0.2, 0) is 25.7 Å². The molecule has 27 heavy (non-hydrogen) atoms. The molecule has 1 atom stereocenters. The SMILES string of the molecule is COC(=O)CC1C(=O)NCCN1C(=O)Cn1cnc2c(C)cccc2c1=O. The zero-order chi connectivity index (χ0) is 19.6. The van der Waals surface area contributed by atoms with E-state index >= 15 is 0 Å². The molecule has 142 valence electrons. The molecule has 0 spiro atoms. The Labute approximate surface area is 154 Å². The summed E-state index contributed by atoms with van der Waals surface area (Å²) in [6.07, 6.45) is 1.09. The van der Waals surface area contributed by atoms with Gasteiger partial charge < -0.3 is 15.0 Å². The Morgan fingerprint density at radius 2 is 2.11 bits per heavy atom. The number of para-hydroxylation sites is 1. The molecule has 1 aliphatic rings. The van der Waals surface area contributed by atoms with Gasteiger partial charge in [-0.25, -0.2) is 4.98 Å². The number of ether oxygens (including phenoxy) is 1. The van der Waals surface area contributed by atoms with Gasteiger partial charge in [0.25, 0.3) is 5.56 Å². The molecule has 1 N–H and O–H groups in total. The minimum absolute atomic E-state index is 0.238. The summed E-state index contributed by atoms with van der Waals surface area (Å²) in [6, 6.07) is 4.32. The maximum atomic E-state index is 12.8. The summed E-state index contributed by atoms with van der Waals surface area (Å²) in [5.74, 6) is -1.44. The fraction of sp³-hybridized carbons (Fsp3) is 0.389. The van der Waals surface area contributed by atoms with Crippen molar-refractivity contribution in [2.75, 3.05) is 20.2 Å². The molecular formula is C18H20N4O5. The number of nitrogens with one attached hydrogen (secondary N) is 1. The summed E-state index contributed by atoms with van der Waals surface area (Å²) in [5.41, 5.74) is 1.13. The molecule has 0 bridgehead atoms. The Hall–Kier alpha value is -3.23. The largest absolute Gasteiger partial charge is 0.469 e. The van der Waals surface area contributed by atoms with Crippen LogP contribution in [-0.4, -0.2) is 58.5 Å². The molecule has 3 rings (SSSR count). The van der Waals surface area contributed by atoms with Crippen molar-refractivity contribution in [1.82, 2.24) is 19.8 Å². The van der Waals surface area contributed by atoms with Crippen molar-refractivity contribution >= 4 is 28.7 Å². The molecule has 1 saturated heterocycles. The van der Waals surface area contributed by atoms with Gasteiger partial charge in [0.15, 0.2) is 0 Å². The molecule has 0 radical (unpaired) electrons. The number of hydrogen-bond acceptors (Lipinski definition) is 6. The van der Waals surface area contributed by atoms with E-state index in [1.54, 1.807) is 12.1 Å². The number of hydrogen-bond donors (Lipinski definition) is 1. The zero-order valence-corrected chi connectivity index (χ0v) is 15.1. The van der Waals surface area contributed by atoms with Gasteiger partial charge in [-0.1, -0.05) is 12.1 Å². The molecule has 1 aliphatic heterocycles. The van der Waals surface area contributed by atoms with Crippen molar-refractivity contribution in [3.63, 3.8) is 0 Å². The summed E-state index contributed by atoms with van der Waals surface area (Å²) in [7, 11) is 1.22. The van der Waals surface area contributed by atoms with Gasteiger partial charge in [-0.05, 0) is 18.6 Å². The van der Waals surface area contributed by atoms with Crippen LogP contribution in [0.2, 0.25) is 0 Å². The van der Waals surface area contributed by atoms with Crippen LogP contribution in [0.25, 0.3) is 10.9 Å². The average Bonchev–Trinajstić information content (AvgIpc) is 2.66. The second-order valence-corrected chi connectivity index (χ2v) is 6.32. The number of aromatic nitrogens is 2. The Morgan fingerprint density at radius 1 is 1.33 bits per heavy atom. The van der Waals surface area contributed by atoms with E-state index in [1.165, 1.54) is 22.9 Å². The number of methoxy groups -OCH3 is 1. The van der Waals surface area contributed by atoms with E-state index in [9.17, 15) is 19.2 Å². The summed E-state index contributed by atoms with van der Waals surface area (Å²) >= 11 is 0. The van der Waals surface area contributed by atoms with Gasteiger partial charge in [0, 0.05) is 13.1 Å². The Balaban J connectivity index is 1.86. The number of piperazine rings is 1. The first-order valence-corrected chi connectivity index (χ1v) is 8.51. The lowest BCUT2D eigenvalue weighted by atomic mass is 10.1. The Bertz CT molecular complexity index is 968. The number of rotatable bonds is 4. The highest BCUT2D eigenvalue weighted by Crippen LogP contribution is 2.13. The molecule has 1 fully saturated rings. The van der Waals surface area contributed by atoms with Gasteiger partial charge in [0.1, 0.15) is 12.6 Å². The number of esters is 1. The third-order valence-corrected chi connectivity index (χ3v) is 4.60. The molecule has 2 amide bonds. The second kappa shape index (κ2) is 7.56. The van der Waals surface area contributed by atoms with E-state index in [-0.39, 0.29) is 31.6 Å². The van der Waals surface area contributed by atoms with Crippen molar-refractivity contribution in [2.24, 2.45) is 0 Å². The first kappa shape index (κ1) is 18.6. The number of amides is 2. The molecule has 1 unspecified atom stereocenters. The number of benzene rings is 1. The lowest BCUT2D eigenvalue weighted by Crippen LogP contribution is -2.58. The van der Waals surface area contributed by atoms with Crippen molar-refractivity contribution in [2.45, 2.75) is 25.9 Å². The maximum absolute atomic E-state index is 12.8. The second-order valence-electron chi connectivity index (χ2n) is 6.32. The highest BCUT2D eigenvalue weighted by Gasteiger charge is 2.35. The highest BCUT2D eigenvalue weighted by atomic mass is 16.5. The maximum Gasteiger partial charge on any atom is 0.308 e. The van der Waals surface area contributed by atoms with Gasteiger partial charge in [-0.15, -0.1) is 0 Å². The molecule has 1 aromatic carbocycles. The minimum atomic E-state index is -0.954. The third-order valence-electron chi connectivity index (χ3n) is 4.60. The van der Waals surface area contributed by atoms with E-state index in [1.807, 2.05) is 13.0 Å². The number of nitrogens with zero attached hydrogens (tertiary/aromatic N) is 3. The van der Waals surface area contributed by atoms with Crippen LogP contribution < -0.4 is 10.9 Å². The topological polar surface area (TPSA) is 111 Å².